The van der Waals surface area contributed by atoms with Crippen LogP contribution in [0.25, 0.3) is 17.5 Å². The van der Waals surface area contributed by atoms with Gasteiger partial charge in [0.05, 0.1) is 0 Å². The highest BCUT2D eigenvalue weighted by atomic mass is 32.2. The standard InChI is InChI=1S/C18H18N4S/c1-2-22-17(16-10-12-19-13-11-16)20-21-18(22)23-14-6-9-15-7-4-3-5-8-15/h3-13H,2,14H2,1H3. The molecule has 23 heavy (non-hydrogen) atoms. The molecule has 0 radical (unpaired) electrons. The van der Waals surface area contributed by atoms with Gasteiger partial charge in [0.15, 0.2) is 11.0 Å². The molecule has 0 amide bonds. The quantitative estimate of drug-likeness (QED) is 0.639. The first-order valence-corrected chi connectivity index (χ1v) is 8.55. The lowest BCUT2D eigenvalue weighted by atomic mass is 10.2. The number of nitrogens with zero attached hydrogens (tertiary/aromatic N) is 4. The fourth-order valence-corrected chi connectivity index (χ4v) is 3.08. The Kier molecular flexibility index (Phi) is 5.21. The molecule has 0 saturated heterocycles. The second-order valence-corrected chi connectivity index (χ2v) is 5.90. The van der Waals surface area contributed by atoms with E-state index in [1.54, 1.807) is 24.2 Å². The summed E-state index contributed by atoms with van der Waals surface area (Å²) in [6.07, 6.45) is 7.84. The van der Waals surface area contributed by atoms with E-state index in [9.17, 15) is 0 Å². The van der Waals surface area contributed by atoms with Gasteiger partial charge in [-0.15, -0.1) is 10.2 Å². The van der Waals surface area contributed by atoms with Crippen LogP contribution in [0.2, 0.25) is 0 Å². The molecule has 2 heterocycles. The fourth-order valence-electron chi connectivity index (χ4n) is 2.27. The Labute approximate surface area is 140 Å². The fraction of sp³-hybridized carbons (Fsp3) is 0.167. The summed E-state index contributed by atoms with van der Waals surface area (Å²) in [6.45, 7) is 2.95. The number of rotatable bonds is 6. The molecule has 0 saturated carbocycles. The predicted octanol–water partition coefficient (Wildman–Crippen LogP) is 4.17. The van der Waals surface area contributed by atoms with Crippen LogP contribution in [0.1, 0.15) is 12.5 Å². The summed E-state index contributed by atoms with van der Waals surface area (Å²) in [4.78, 5) is 4.05. The van der Waals surface area contributed by atoms with Crippen LogP contribution < -0.4 is 0 Å². The Morgan fingerprint density at radius 1 is 1.04 bits per heavy atom. The second-order valence-electron chi connectivity index (χ2n) is 4.91. The molecule has 2 aromatic heterocycles. The van der Waals surface area contributed by atoms with Gasteiger partial charge >= 0.3 is 0 Å². The predicted molar refractivity (Wildman–Crippen MR) is 95.1 cm³/mol. The van der Waals surface area contributed by atoms with Gasteiger partial charge in [0.1, 0.15) is 0 Å². The molecule has 0 aliphatic rings. The van der Waals surface area contributed by atoms with E-state index in [1.807, 2.05) is 30.3 Å². The minimum Gasteiger partial charge on any atom is -0.302 e. The summed E-state index contributed by atoms with van der Waals surface area (Å²) in [6, 6.07) is 14.2. The monoisotopic (exact) mass is 322 g/mol. The lowest BCUT2D eigenvalue weighted by molar-refractivity contribution is 0.688. The Morgan fingerprint density at radius 3 is 2.57 bits per heavy atom. The molecule has 4 nitrogen and oxygen atoms in total. The van der Waals surface area contributed by atoms with E-state index in [4.69, 9.17) is 0 Å². The molecule has 5 heteroatoms. The largest absolute Gasteiger partial charge is 0.302 e. The van der Waals surface area contributed by atoms with Gasteiger partial charge < -0.3 is 4.57 Å². The molecule has 0 aliphatic heterocycles. The van der Waals surface area contributed by atoms with Crippen molar-refractivity contribution in [3.63, 3.8) is 0 Å². The van der Waals surface area contributed by atoms with Crippen molar-refractivity contribution >= 4 is 17.8 Å². The minimum atomic E-state index is 0.843. The van der Waals surface area contributed by atoms with Crippen LogP contribution in [-0.2, 0) is 6.54 Å². The number of aromatic nitrogens is 4. The smallest absolute Gasteiger partial charge is 0.191 e. The van der Waals surface area contributed by atoms with Crippen LogP contribution in [0.4, 0.5) is 0 Å². The van der Waals surface area contributed by atoms with Crippen LogP contribution in [0.5, 0.6) is 0 Å². The van der Waals surface area contributed by atoms with E-state index >= 15 is 0 Å². The molecular weight excluding hydrogens is 304 g/mol. The van der Waals surface area contributed by atoms with Crippen molar-refractivity contribution in [2.24, 2.45) is 0 Å². The van der Waals surface area contributed by atoms with Gasteiger partial charge in [-0.3, -0.25) is 4.98 Å². The molecule has 1 aromatic carbocycles. The topological polar surface area (TPSA) is 43.6 Å². The third kappa shape index (κ3) is 3.87. The molecule has 116 valence electrons. The number of hydrogen-bond donors (Lipinski definition) is 0. The Bertz CT molecular complexity index is 766. The highest BCUT2D eigenvalue weighted by Gasteiger charge is 2.12. The SMILES string of the molecule is CCn1c(SCC=Cc2ccccc2)nnc1-c1ccncc1. The number of thioether (sulfide) groups is 1. The summed E-state index contributed by atoms with van der Waals surface area (Å²) in [5, 5.41) is 9.61. The first-order valence-electron chi connectivity index (χ1n) is 7.56. The van der Waals surface area contributed by atoms with E-state index in [-0.39, 0.29) is 0 Å². The van der Waals surface area contributed by atoms with E-state index in [2.05, 4.69) is 51.0 Å². The molecular formula is C18H18N4S. The molecule has 0 atom stereocenters. The summed E-state index contributed by atoms with van der Waals surface area (Å²) in [5.41, 5.74) is 2.25. The van der Waals surface area contributed by atoms with Gasteiger partial charge in [-0.1, -0.05) is 54.2 Å². The number of hydrogen-bond acceptors (Lipinski definition) is 4. The third-order valence-corrected chi connectivity index (χ3v) is 4.31. The maximum absolute atomic E-state index is 4.33. The van der Waals surface area contributed by atoms with Crippen molar-refractivity contribution in [3.05, 3.63) is 66.5 Å². The van der Waals surface area contributed by atoms with Crippen LogP contribution in [-0.4, -0.2) is 25.5 Å². The van der Waals surface area contributed by atoms with Crippen molar-refractivity contribution in [1.82, 2.24) is 19.7 Å². The van der Waals surface area contributed by atoms with Crippen molar-refractivity contribution < 1.29 is 0 Å². The van der Waals surface area contributed by atoms with Gasteiger partial charge in [-0.2, -0.15) is 0 Å². The van der Waals surface area contributed by atoms with E-state index in [0.29, 0.717) is 0 Å². The van der Waals surface area contributed by atoms with Crippen molar-refractivity contribution in [1.29, 1.82) is 0 Å². The average molecular weight is 322 g/mol. The van der Waals surface area contributed by atoms with Crippen LogP contribution in [0, 0.1) is 0 Å². The zero-order valence-corrected chi connectivity index (χ0v) is 13.8. The lowest BCUT2D eigenvalue weighted by Crippen LogP contribution is -1.99. The van der Waals surface area contributed by atoms with Crippen LogP contribution in [0.15, 0.2) is 66.1 Å². The van der Waals surface area contributed by atoms with Crippen molar-refractivity contribution in [3.8, 4) is 11.4 Å². The van der Waals surface area contributed by atoms with Crippen molar-refractivity contribution in [2.45, 2.75) is 18.6 Å². The summed E-state index contributed by atoms with van der Waals surface area (Å²) < 4.78 is 2.14. The van der Waals surface area contributed by atoms with Gasteiger partial charge in [-0.05, 0) is 24.6 Å². The van der Waals surface area contributed by atoms with Gasteiger partial charge in [0, 0.05) is 30.3 Å². The number of benzene rings is 1. The molecule has 3 rings (SSSR count). The zero-order chi connectivity index (χ0) is 15.9. The Hall–Kier alpha value is -2.40. The highest BCUT2D eigenvalue weighted by molar-refractivity contribution is 7.99. The first-order chi connectivity index (χ1) is 11.4. The third-order valence-electron chi connectivity index (χ3n) is 3.39. The van der Waals surface area contributed by atoms with E-state index in [0.717, 1.165) is 28.8 Å². The normalized spacial score (nSPS) is 11.2. The highest BCUT2D eigenvalue weighted by Crippen LogP contribution is 2.23. The molecule has 0 bridgehead atoms. The molecule has 0 aliphatic carbocycles. The lowest BCUT2D eigenvalue weighted by Gasteiger charge is -2.06. The maximum atomic E-state index is 4.33. The minimum absolute atomic E-state index is 0.843. The average Bonchev–Trinajstić information content (AvgIpc) is 3.03. The first kappa shape index (κ1) is 15.5. The molecule has 0 fully saturated rings. The Balaban J connectivity index is 1.69. The number of pyridine rings is 1. The van der Waals surface area contributed by atoms with E-state index < -0.39 is 0 Å². The van der Waals surface area contributed by atoms with Gasteiger partial charge in [0.2, 0.25) is 0 Å². The van der Waals surface area contributed by atoms with Gasteiger partial charge in [0.25, 0.3) is 0 Å². The summed E-state index contributed by atoms with van der Waals surface area (Å²) in [5.74, 6) is 1.76. The second kappa shape index (κ2) is 7.74. The zero-order valence-electron chi connectivity index (χ0n) is 13.0. The van der Waals surface area contributed by atoms with E-state index in [1.165, 1.54) is 5.56 Å². The molecule has 0 unspecified atom stereocenters. The van der Waals surface area contributed by atoms with Crippen LogP contribution >= 0.6 is 11.8 Å². The molecule has 3 aromatic rings. The summed E-state index contributed by atoms with van der Waals surface area (Å²) >= 11 is 1.69. The maximum Gasteiger partial charge on any atom is 0.191 e. The summed E-state index contributed by atoms with van der Waals surface area (Å²) in [7, 11) is 0. The Morgan fingerprint density at radius 2 is 1.83 bits per heavy atom. The van der Waals surface area contributed by atoms with Gasteiger partial charge in [-0.25, -0.2) is 0 Å². The van der Waals surface area contributed by atoms with Crippen molar-refractivity contribution in [2.75, 3.05) is 5.75 Å². The van der Waals surface area contributed by atoms with Crippen LogP contribution in [0.3, 0.4) is 0 Å². The molecule has 0 spiro atoms. The molecule has 0 N–H and O–H groups in total.